The smallest absolute Gasteiger partial charge is 0.220 e. The highest BCUT2D eigenvalue weighted by Crippen LogP contribution is 2.21. The molecular weight excluding hydrogens is 238 g/mol. The van der Waals surface area contributed by atoms with Crippen LogP contribution in [0.2, 0.25) is 0 Å². The van der Waals surface area contributed by atoms with Gasteiger partial charge in [0.1, 0.15) is 11.5 Å². The molecular formula is C13H20ClNO2. The topological polar surface area (TPSA) is 42.2 Å². The average molecular weight is 258 g/mol. The van der Waals surface area contributed by atoms with Gasteiger partial charge in [0.2, 0.25) is 5.91 Å². The normalized spacial score (nSPS) is 12.5. The van der Waals surface area contributed by atoms with Crippen molar-refractivity contribution in [2.45, 2.75) is 46.1 Å². The number of amides is 1. The maximum atomic E-state index is 11.6. The predicted molar refractivity (Wildman–Crippen MR) is 69.3 cm³/mol. The van der Waals surface area contributed by atoms with Gasteiger partial charge in [0, 0.05) is 17.9 Å². The van der Waals surface area contributed by atoms with Crippen LogP contribution >= 0.6 is 11.6 Å². The molecule has 0 aliphatic rings. The van der Waals surface area contributed by atoms with Crippen LogP contribution in [-0.2, 0) is 4.79 Å². The number of carbonyl (C=O) groups excluding carboxylic acids is 1. The lowest BCUT2D eigenvalue weighted by molar-refractivity contribution is -0.121. The second kappa shape index (κ2) is 6.70. The molecule has 3 nitrogen and oxygen atoms in total. The molecule has 1 unspecified atom stereocenters. The number of hydrogen-bond acceptors (Lipinski definition) is 2. The highest BCUT2D eigenvalue weighted by Gasteiger charge is 2.14. The Bertz CT molecular complexity index is 373. The van der Waals surface area contributed by atoms with Crippen molar-refractivity contribution in [2.24, 2.45) is 0 Å². The molecule has 17 heavy (non-hydrogen) atoms. The molecule has 1 N–H and O–H groups in total. The predicted octanol–water partition coefficient (Wildman–Crippen LogP) is 3.48. The van der Waals surface area contributed by atoms with Crippen molar-refractivity contribution in [2.75, 3.05) is 5.88 Å². The van der Waals surface area contributed by atoms with Gasteiger partial charge in [-0.2, -0.15) is 0 Å². The van der Waals surface area contributed by atoms with Gasteiger partial charge in [0.25, 0.3) is 0 Å². The van der Waals surface area contributed by atoms with Gasteiger partial charge in [0.15, 0.2) is 0 Å². The van der Waals surface area contributed by atoms with Gasteiger partial charge in [-0.05, 0) is 39.7 Å². The van der Waals surface area contributed by atoms with Gasteiger partial charge >= 0.3 is 0 Å². The summed E-state index contributed by atoms with van der Waals surface area (Å²) in [4.78, 5) is 11.6. The summed E-state index contributed by atoms with van der Waals surface area (Å²) < 4.78 is 5.45. The number of furan rings is 1. The van der Waals surface area contributed by atoms with Crippen molar-refractivity contribution in [3.63, 3.8) is 0 Å². The van der Waals surface area contributed by atoms with Crippen LogP contribution in [-0.4, -0.2) is 11.8 Å². The van der Waals surface area contributed by atoms with Crippen LogP contribution in [0.3, 0.4) is 0 Å². The van der Waals surface area contributed by atoms with E-state index in [2.05, 4.69) is 5.32 Å². The van der Waals surface area contributed by atoms with Gasteiger partial charge in [-0.25, -0.2) is 0 Å². The number of carbonyl (C=O) groups is 1. The third-order valence-corrected chi connectivity index (χ3v) is 2.98. The maximum Gasteiger partial charge on any atom is 0.220 e. The van der Waals surface area contributed by atoms with Crippen LogP contribution in [0.4, 0.5) is 0 Å². The van der Waals surface area contributed by atoms with E-state index in [0.717, 1.165) is 29.9 Å². The standard InChI is InChI=1S/C13H20ClNO2/c1-9-8-12(11(3)17-9)10(2)15-13(16)6-4-5-7-14/h8,10H,4-7H2,1-3H3,(H,15,16). The summed E-state index contributed by atoms with van der Waals surface area (Å²) in [6.07, 6.45) is 2.26. The van der Waals surface area contributed by atoms with Crippen molar-refractivity contribution in [3.8, 4) is 0 Å². The molecule has 1 aromatic heterocycles. The first-order valence-electron chi connectivity index (χ1n) is 5.97. The van der Waals surface area contributed by atoms with Gasteiger partial charge in [-0.1, -0.05) is 0 Å². The minimum Gasteiger partial charge on any atom is -0.466 e. The van der Waals surface area contributed by atoms with Crippen molar-refractivity contribution >= 4 is 17.5 Å². The number of nitrogens with one attached hydrogen (secondary N) is 1. The molecule has 96 valence electrons. The Kier molecular flexibility index (Phi) is 5.56. The van der Waals surface area contributed by atoms with E-state index in [1.165, 1.54) is 0 Å². The maximum absolute atomic E-state index is 11.6. The van der Waals surface area contributed by atoms with Crippen molar-refractivity contribution in [3.05, 3.63) is 23.2 Å². The van der Waals surface area contributed by atoms with E-state index in [0.29, 0.717) is 12.3 Å². The summed E-state index contributed by atoms with van der Waals surface area (Å²) in [5.41, 5.74) is 1.05. The van der Waals surface area contributed by atoms with Crippen molar-refractivity contribution in [1.82, 2.24) is 5.32 Å². The molecule has 4 heteroatoms. The summed E-state index contributed by atoms with van der Waals surface area (Å²) in [5.74, 6) is 2.43. The number of alkyl halides is 1. The Morgan fingerprint density at radius 1 is 1.47 bits per heavy atom. The van der Waals surface area contributed by atoms with Crippen molar-refractivity contribution in [1.29, 1.82) is 0 Å². The van der Waals surface area contributed by atoms with Gasteiger partial charge in [-0.3, -0.25) is 4.79 Å². The fourth-order valence-corrected chi connectivity index (χ4v) is 2.04. The molecule has 0 saturated carbocycles. The zero-order chi connectivity index (χ0) is 12.8. The first-order valence-corrected chi connectivity index (χ1v) is 6.50. The molecule has 0 aromatic carbocycles. The molecule has 0 fully saturated rings. The fourth-order valence-electron chi connectivity index (χ4n) is 1.85. The van der Waals surface area contributed by atoms with E-state index in [-0.39, 0.29) is 11.9 Å². The molecule has 0 spiro atoms. The van der Waals surface area contributed by atoms with Crippen LogP contribution < -0.4 is 5.32 Å². The van der Waals surface area contributed by atoms with Gasteiger partial charge in [-0.15, -0.1) is 11.6 Å². The van der Waals surface area contributed by atoms with E-state index in [1.807, 2.05) is 26.8 Å². The number of unbranched alkanes of at least 4 members (excludes halogenated alkanes) is 1. The average Bonchev–Trinajstić information content (AvgIpc) is 2.58. The largest absolute Gasteiger partial charge is 0.466 e. The number of rotatable bonds is 6. The third kappa shape index (κ3) is 4.43. The van der Waals surface area contributed by atoms with Crippen LogP contribution in [0.15, 0.2) is 10.5 Å². The Morgan fingerprint density at radius 3 is 2.71 bits per heavy atom. The summed E-state index contributed by atoms with van der Waals surface area (Å²) in [5, 5.41) is 2.97. The monoisotopic (exact) mass is 257 g/mol. The lowest BCUT2D eigenvalue weighted by Crippen LogP contribution is -2.26. The van der Waals surface area contributed by atoms with E-state index >= 15 is 0 Å². The van der Waals surface area contributed by atoms with E-state index < -0.39 is 0 Å². The van der Waals surface area contributed by atoms with E-state index in [4.69, 9.17) is 16.0 Å². The third-order valence-electron chi connectivity index (χ3n) is 2.71. The number of hydrogen-bond donors (Lipinski definition) is 1. The van der Waals surface area contributed by atoms with E-state index in [9.17, 15) is 4.79 Å². The summed E-state index contributed by atoms with van der Waals surface area (Å²) in [7, 11) is 0. The van der Waals surface area contributed by atoms with Crippen LogP contribution in [0.5, 0.6) is 0 Å². The number of halogens is 1. The Hall–Kier alpha value is -0.960. The quantitative estimate of drug-likeness (QED) is 0.626. The van der Waals surface area contributed by atoms with Gasteiger partial charge in [0.05, 0.1) is 6.04 Å². The first-order chi connectivity index (χ1) is 8.04. The zero-order valence-electron chi connectivity index (χ0n) is 10.7. The first kappa shape index (κ1) is 14.1. The second-order valence-corrected chi connectivity index (χ2v) is 4.68. The van der Waals surface area contributed by atoms with Crippen LogP contribution in [0.1, 0.15) is 49.3 Å². The molecule has 1 rings (SSSR count). The van der Waals surface area contributed by atoms with E-state index in [1.54, 1.807) is 0 Å². The lowest BCUT2D eigenvalue weighted by Gasteiger charge is -2.12. The lowest BCUT2D eigenvalue weighted by atomic mass is 10.1. The Labute approximate surface area is 108 Å². The Balaban J connectivity index is 2.46. The summed E-state index contributed by atoms with van der Waals surface area (Å²) in [6.45, 7) is 5.79. The van der Waals surface area contributed by atoms with Crippen LogP contribution in [0.25, 0.3) is 0 Å². The van der Waals surface area contributed by atoms with Crippen LogP contribution in [0, 0.1) is 13.8 Å². The highest BCUT2D eigenvalue weighted by atomic mass is 35.5. The SMILES string of the molecule is Cc1cc(C(C)NC(=O)CCCCCl)c(C)o1. The molecule has 0 aliphatic carbocycles. The molecule has 0 radical (unpaired) electrons. The molecule has 1 heterocycles. The number of aryl methyl sites for hydroxylation is 2. The molecule has 1 amide bonds. The molecule has 0 bridgehead atoms. The molecule has 1 atom stereocenters. The molecule has 0 saturated heterocycles. The minimum absolute atomic E-state index is 0.00375. The fraction of sp³-hybridized carbons (Fsp3) is 0.615. The Morgan fingerprint density at radius 2 is 2.18 bits per heavy atom. The van der Waals surface area contributed by atoms with Gasteiger partial charge < -0.3 is 9.73 Å². The highest BCUT2D eigenvalue weighted by molar-refractivity contribution is 6.17. The summed E-state index contributed by atoms with van der Waals surface area (Å²) in [6, 6.07) is 1.97. The summed E-state index contributed by atoms with van der Waals surface area (Å²) >= 11 is 5.57. The second-order valence-electron chi connectivity index (χ2n) is 4.30. The molecule has 0 aliphatic heterocycles. The molecule has 1 aromatic rings. The van der Waals surface area contributed by atoms with Crippen molar-refractivity contribution < 1.29 is 9.21 Å². The minimum atomic E-state index is -0.00375. The zero-order valence-corrected chi connectivity index (χ0v) is 11.4.